The van der Waals surface area contributed by atoms with Crippen LogP contribution < -0.4 is 20.9 Å². The minimum Gasteiger partial charge on any atom is -0.434 e. The second-order valence-electron chi connectivity index (χ2n) is 8.66. The average Bonchev–Trinajstić information content (AvgIpc) is 3.40. The fourth-order valence-corrected chi connectivity index (χ4v) is 4.36. The first-order chi connectivity index (χ1) is 17.4. The van der Waals surface area contributed by atoms with Crippen LogP contribution in [0.3, 0.4) is 0 Å². The van der Waals surface area contributed by atoms with Gasteiger partial charge in [-0.25, -0.2) is 9.97 Å². The fourth-order valence-electron chi connectivity index (χ4n) is 4.36. The van der Waals surface area contributed by atoms with Crippen molar-refractivity contribution in [1.29, 1.82) is 0 Å². The molecule has 0 bridgehead atoms. The van der Waals surface area contributed by atoms with Gasteiger partial charge in [0, 0.05) is 56.0 Å². The first kappa shape index (κ1) is 23.5. The molecule has 9 nitrogen and oxygen atoms in total. The van der Waals surface area contributed by atoms with Crippen molar-refractivity contribution in [1.82, 2.24) is 24.6 Å². The summed E-state index contributed by atoms with van der Waals surface area (Å²) in [6.07, 6.45) is 3.86. The maximum absolute atomic E-state index is 12.9. The summed E-state index contributed by atoms with van der Waals surface area (Å²) in [4.78, 5) is 32.9. The third kappa shape index (κ3) is 4.77. The Kier molecular flexibility index (Phi) is 6.36. The molecule has 1 fully saturated rings. The van der Waals surface area contributed by atoms with Crippen LogP contribution in [0.5, 0.6) is 5.75 Å². The molecule has 36 heavy (non-hydrogen) atoms. The van der Waals surface area contributed by atoms with Crippen molar-refractivity contribution in [2.45, 2.75) is 19.6 Å². The van der Waals surface area contributed by atoms with Gasteiger partial charge in [0.15, 0.2) is 0 Å². The van der Waals surface area contributed by atoms with Gasteiger partial charge in [-0.3, -0.25) is 19.0 Å². The predicted octanol–water partition coefficient (Wildman–Crippen LogP) is 2.99. The summed E-state index contributed by atoms with van der Waals surface area (Å²) in [7, 11) is 1.63. The van der Waals surface area contributed by atoms with Crippen LogP contribution in [-0.4, -0.2) is 44.9 Å². The second-order valence-corrected chi connectivity index (χ2v) is 8.66. The van der Waals surface area contributed by atoms with E-state index in [2.05, 4.69) is 25.3 Å². The minimum absolute atomic E-state index is 0.0536. The monoisotopic (exact) mass is 494 g/mol. The number of benzene rings is 2. The topological polar surface area (TPSA) is 103 Å². The zero-order valence-electron chi connectivity index (χ0n) is 19.4. The van der Waals surface area contributed by atoms with E-state index in [1.165, 1.54) is 10.7 Å². The Labute approximate surface area is 204 Å². The largest absolute Gasteiger partial charge is 0.434 e. The number of halogens is 2. The summed E-state index contributed by atoms with van der Waals surface area (Å²) in [5, 5.41) is 6.46. The van der Waals surface area contributed by atoms with E-state index < -0.39 is 6.61 Å². The van der Waals surface area contributed by atoms with Gasteiger partial charge in [-0.1, -0.05) is 24.3 Å². The third-order valence-electron chi connectivity index (χ3n) is 6.27. The molecule has 4 aromatic rings. The molecule has 0 saturated carbocycles. The molecule has 5 rings (SSSR count). The van der Waals surface area contributed by atoms with Gasteiger partial charge < -0.3 is 15.4 Å². The molecule has 1 aliphatic heterocycles. The normalized spacial score (nSPS) is 15.4. The SMILES string of the molecule is Cn1c(=O)c2ccc(-c3cnc(NCC4CNC(=O)C4)nc3)cc2n1Cc1ccccc1OC(F)F. The Hall–Kier alpha value is -4.28. The number of alkyl halides is 2. The number of nitrogens with one attached hydrogen (secondary N) is 2. The van der Waals surface area contributed by atoms with Crippen LogP contribution in [0.2, 0.25) is 0 Å². The molecule has 3 heterocycles. The van der Waals surface area contributed by atoms with E-state index in [4.69, 9.17) is 0 Å². The van der Waals surface area contributed by atoms with Crippen molar-refractivity contribution in [3.63, 3.8) is 0 Å². The maximum atomic E-state index is 12.9. The molecule has 2 aromatic heterocycles. The number of hydrogen-bond donors (Lipinski definition) is 2. The van der Waals surface area contributed by atoms with Crippen LogP contribution in [0.25, 0.3) is 22.0 Å². The third-order valence-corrected chi connectivity index (χ3v) is 6.27. The zero-order chi connectivity index (χ0) is 25.2. The van der Waals surface area contributed by atoms with E-state index in [9.17, 15) is 18.4 Å². The predicted molar refractivity (Wildman–Crippen MR) is 130 cm³/mol. The molecule has 1 unspecified atom stereocenters. The van der Waals surface area contributed by atoms with E-state index in [0.29, 0.717) is 41.9 Å². The molecule has 186 valence electrons. The molecule has 1 amide bonds. The molecular formula is C25H24F2N6O3. The summed E-state index contributed by atoms with van der Waals surface area (Å²) in [6.45, 7) is -1.55. The van der Waals surface area contributed by atoms with Gasteiger partial charge in [0.05, 0.1) is 17.4 Å². The number of carbonyl (C=O) groups excluding carboxylic acids is 1. The van der Waals surface area contributed by atoms with Crippen molar-refractivity contribution in [2.24, 2.45) is 13.0 Å². The molecule has 1 aliphatic rings. The summed E-state index contributed by atoms with van der Waals surface area (Å²) < 4.78 is 33.6. The summed E-state index contributed by atoms with van der Waals surface area (Å²) in [5.74, 6) is 0.783. The molecule has 0 radical (unpaired) electrons. The standard InChI is InChI=1S/C25H24F2N6O3/c1-32-23(35)19-7-6-16(18-12-30-25(31-13-18)29-11-15-8-22(34)28-10-15)9-20(19)33(32)14-17-4-2-3-5-21(17)36-24(26)27/h2-7,9,12-13,15,24H,8,10-11,14H2,1H3,(H,28,34)(H,29,30,31). The molecule has 0 spiro atoms. The molecule has 1 atom stereocenters. The van der Waals surface area contributed by atoms with Crippen molar-refractivity contribution in [3.05, 3.63) is 70.8 Å². The van der Waals surface area contributed by atoms with Crippen molar-refractivity contribution in [2.75, 3.05) is 18.4 Å². The fraction of sp³-hybridized carbons (Fsp3) is 0.280. The van der Waals surface area contributed by atoms with Gasteiger partial charge in [0.2, 0.25) is 11.9 Å². The van der Waals surface area contributed by atoms with Crippen LogP contribution in [-0.2, 0) is 18.4 Å². The smallest absolute Gasteiger partial charge is 0.387 e. The Morgan fingerprint density at radius 2 is 1.92 bits per heavy atom. The van der Waals surface area contributed by atoms with E-state index in [-0.39, 0.29) is 29.7 Å². The van der Waals surface area contributed by atoms with Crippen LogP contribution in [0.1, 0.15) is 12.0 Å². The highest BCUT2D eigenvalue weighted by Gasteiger charge is 2.21. The zero-order valence-corrected chi connectivity index (χ0v) is 19.4. The van der Waals surface area contributed by atoms with E-state index >= 15 is 0 Å². The number of anilines is 1. The van der Waals surface area contributed by atoms with Crippen molar-refractivity contribution < 1.29 is 18.3 Å². The molecule has 2 aromatic carbocycles. The average molecular weight is 495 g/mol. The van der Waals surface area contributed by atoms with Gasteiger partial charge in [0.25, 0.3) is 5.56 Å². The molecule has 0 aliphatic carbocycles. The van der Waals surface area contributed by atoms with Crippen molar-refractivity contribution in [3.8, 4) is 16.9 Å². The van der Waals surface area contributed by atoms with Crippen LogP contribution in [0.4, 0.5) is 14.7 Å². The number of rotatable bonds is 8. The summed E-state index contributed by atoms with van der Waals surface area (Å²) in [6, 6.07) is 11.9. The number of para-hydroxylation sites is 1. The number of fused-ring (bicyclic) bond motifs is 1. The Balaban J connectivity index is 1.41. The second kappa shape index (κ2) is 9.76. The molecule has 11 heteroatoms. The highest BCUT2D eigenvalue weighted by molar-refractivity contribution is 5.84. The summed E-state index contributed by atoms with van der Waals surface area (Å²) >= 11 is 0. The van der Waals surface area contributed by atoms with Gasteiger partial charge in [-0.05, 0) is 23.8 Å². The number of ether oxygens (including phenoxy) is 1. The maximum Gasteiger partial charge on any atom is 0.387 e. The lowest BCUT2D eigenvalue weighted by molar-refractivity contribution is -0.119. The highest BCUT2D eigenvalue weighted by atomic mass is 19.3. The van der Waals surface area contributed by atoms with Gasteiger partial charge >= 0.3 is 6.61 Å². The van der Waals surface area contributed by atoms with E-state index in [1.807, 2.05) is 12.1 Å². The Morgan fingerprint density at radius 3 is 2.64 bits per heavy atom. The van der Waals surface area contributed by atoms with E-state index in [1.54, 1.807) is 48.4 Å². The van der Waals surface area contributed by atoms with E-state index in [0.717, 1.165) is 11.1 Å². The minimum atomic E-state index is -2.95. The molecule has 2 N–H and O–H groups in total. The van der Waals surface area contributed by atoms with Crippen LogP contribution in [0.15, 0.2) is 59.7 Å². The van der Waals surface area contributed by atoms with Crippen molar-refractivity contribution >= 4 is 22.8 Å². The highest BCUT2D eigenvalue weighted by Crippen LogP contribution is 2.26. The molecular weight excluding hydrogens is 470 g/mol. The number of aromatic nitrogens is 4. The van der Waals surface area contributed by atoms with Gasteiger partial charge in [-0.2, -0.15) is 8.78 Å². The lowest BCUT2D eigenvalue weighted by Crippen LogP contribution is -2.20. The quantitative estimate of drug-likeness (QED) is 0.391. The van der Waals surface area contributed by atoms with Crippen LogP contribution in [0, 0.1) is 5.92 Å². The Bertz CT molecular complexity index is 1470. The summed E-state index contributed by atoms with van der Waals surface area (Å²) in [5.41, 5.74) is 2.53. The number of hydrogen-bond acceptors (Lipinski definition) is 6. The lowest BCUT2D eigenvalue weighted by atomic mass is 10.1. The molecule has 1 saturated heterocycles. The van der Waals surface area contributed by atoms with Gasteiger partial charge in [-0.15, -0.1) is 0 Å². The van der Waals surface area contributed by atoms with Crippen LogP contribution >= 0.6 is 0 Å². The Morgan fingerprint density at radius 1 is 1.14 bits per heavy atom. The first-order valence-electron chi connectivity index (χ1n) is 11.4. The lowest BCUT2D eigenvalue weighted by Gasteiger charge is -2.14. The number of nitrogens with zero attached hydrogens (tertiary/aromatic N) is 4. The van der Waals surface area contributed by atoms with Gasteiger partial charge in [0.1, 0.15) is 5.75 Å². The number of carbonyl (C=O) groups is 1. The number of amides is 1. The first-order valence-corrected chi connectivity index (χ1v) is 11.4.